The number of pyridine rings is 1. The first-order valence-corrected chi connectivity index (χ1v) is 12.8. The summed E-state index contributed by atoms with van der Waals surface area (Å²) in [7, 11) is 0. The molecule has 0 saturated heterocycles. The Morgan fingerprint density at radius 3 is 2.20 bits per heavy atom. The fraction of sp³-hybridized carbons (Fsp3) is 0. The zero-order chi connectivity index (χ0) is 28.7. The summed E-state index contributed by atoms with van der Waals surface area (Å²) in [5, 5.41) is 28.8. The third-order valence-corrected chi connectivity index (χ3v) is 7.20. The van der Waals surface area contributed by atoms with Crippen LogP contribution in [0.3, 0.4) is 0 Å². The summed E-state index contributed by atoms with van der Waals surface area (Å²) in [6.07, 6.45) is 1.89. The molecule has 0 radical (unpaired) electrons. The molecule has 0 saturated carbocycles. The number of thiol groups is 1. The Balaban J connectivity index is 1.70. The van der Waals surface area contributed by atoms with Gasteiger partial charge in [-0.2, -0.15) is 10.5 Å². The molecule has 0 aliphatic heterocycles. The van der Waals surface area contributed by atoms with Crippen molar-refractivity contribution in [3.63, 3.8) is 0 Å². The fourth-order valence-electron chi connectivity index (χ4n) is 5.16. The largest absolute Gasteiger partial charge is 0.298 e. The van der Waals surface area contributed by atoms with E-state index < -0.39 is 11.6 Å². The highest BCUT2D eigenvalue weighted by molar-refractivity contribution is 7.79. The van der Waals surface area contributed by atoms with Crippen molar-refractivity contribution in [1.82, 2.24) is 4.98 Å². The molecule has 0 bridgehead atoms. The minimum Gasteiger partial charge on any atom is -0.298 e. The number of nitriles is 2. The van der Waals surface area contributed by atoms with Gasteiger partial charge < -0.3 is 0 Å². The summed E-state index contributed by atoms with van der Waals surface area (Å²) >= 11 is 4.19. The molecule has 6 rings (SSSR count). The second-order valence-electron chi connectivity index (χ2n) is 9.31. The zero-order valence-electron chi connectivity index (χ0n) is 21.2. The molecular weight excluding hydrogens is 536 g/mol. The molecule has 0 amide bonds. The monoisotopic (exact) mass is 553 g/mol. The van der Waals surface area contributed by atoms with Crippen molar-refractivity contribution in [1.29, 1.82) is 15.9 Å². The van der Waals surface area contributed by atoms with Crippen LogP contribution in [0, 0.1) is 39.7 Å². The van der Waals surface area contributed by atoms with Gasteiger partial charge in [0, 0.05) is 27.6 Å². The molecule has 5 nitrogen and oxygen atoms in total. The second-order valence-corrected chi connectivity index (χ2v) is 9.51. The Hall–Kier alpha value is -5.44. The van der Waals surface area contributed by atoms with Crippen LogP contribution in [0.2, 0.25) is 0 Å². The number of fused-ring (bicyclic) bond motifs is 3. The van der Waals surface area contributed by atoms with Crippen molar-refractivity contribution in [3.05, 3.63) is 124 Å². The predicted molar refractivity (Wildman–Crippen MR) is 160 cm³/mol. The molecule has 1 aromatic heterocycles. The summed E-state index contributed by atoms with van der Waals surface area (Å²) in [5.74, 6) is -1.75. The lowest BCUT2D eigenvalue weighted by Gasteiger charge is -2.24. The first kappa shape index (κ1) is 25.8. The van der Waals surface area contributed by atoms with Crippen molar-refractivity contribution in [3.8, 4) is 34.5 Å². The molecule has 0 atom stereocenters. The van der Waals surface area contributed by atoms with Gasteiger partial charge in [0.2, 0.25) is 0 Å². The van der Waals surface area contributed by atoms with E-state index in [4.69, 9.17) is 10.2 Å². The first-order valence-electron chi connectivity index (χ1n) is 12.4. The van der Waals surface area contributed by atoms with Crippen LogP contribution < -0.4 is 0 Å². The second kappa shape index (κ2) is 10.3. The van der Waals surface area contributed by atoms with Crippen LogP contribution in [0.25, 0.3) is 44.9 Å². The molecule has 41 heavy (non-hydrogen) atoms. The van der Waals surface area contributed by atoms with Gasteiger partial charge in [-0.15, -0.1) is 0 Å². The Bertz CT molecular complexity index is 2050. The number of hydrogen-bond donors (Lipinski definition) is 2. The molecule has 1 aliphatic carbocycles. The average Bonchev–Trinajstić information content (AvgIpc) is 3.00. The van der Waals surface area contributed by atoms with E-state index in [9.17, 15) is 19.5 Å². The summed E-state index contributed by atoms with van der Waals surface area (Å²) in [4.78, 5) is 4.91. The van der Waals surface area contributed by atoms with Crippen molar-refractivity contribution in [2.24, 2.45) is 4.40 Å². The molecule has 4 aromatic carbocycles. The Labute approximate surface area is 239 Å². The normalized spacial score (nSPS) is 13.4. The van der Waals surface area contributed by atoms with Crippen LogP contribution in [-0.4, -0.2) is 16.4 Å². The highest BCUT2D eigenvalue weighted by Gasteiger charge is 2.29. The van der Waals surface area contributed by atoms with Gasteiger partial charge >= 0.3 is 0 Å². The van der Waals surface area contributed by atoms with E-state index in [0.717, 1.165) is 17.7 Å². The smallest absolute Gasteiger partial charge is 0.135 e. The van der Waals surface area contributed by atoms with Gasteiger partial charge in [-0.05, 0) is 54.3 Å². The van der Waals surface area contributed by atoms with E-state index in [1.807, 2.05) is 36.4 Å². The van der Waals surface area contributed by atoms with Crippen LogP contribution >= 0.6 is 12.8 Å². The summed E-state index contributed by atoms with van der Waals surface area (Å²) in [6.45, 7) is 0. The van der Waals surface area contributed by atoms with Crippen LogP contribution in [0.15, 0.2) is 89.3 Å². The number of hydrogen-bond acceptors (Lipinski definition) is 6. The van der Waals surface area contributed by atoms with Gasteiger partial charge in [0.05, 0.1) is 45.8 Å². The summed E-state index contributed by atoms with van der Waals surface area (Å²) in [5.41, 5.74) is 4.64. The first-order chi connectivity index (χ1) is 19.9. The van der Waals surface area contributed by atoms with Crippen LogP contribution in [0.5, 0.6) is 0 Å². The number of nitrogens with one attached hydrogen (secondary N) is 1. The molecule has 1 heterocycles. The third kappa shape index (κ3) is 4.28. The molecule has 0 fully saturated rings. The highest BCUT2D eigenvalue weighted by atomic mass is 32.1. The van der Waals surface area contributed by atoms with Crippen molar-refractivity contribution in [2.45, 2.75) is 0 Å². The molecule has 5 aromatic rings. The maximum absolute atomic E-state index is 14.9. The van der Waals surface area contributed by atoms with E-state index >= 15 is 0 Å². The standard InChI is InChI=1S/C33H17F2N5S/c34-26-12-18(16-36)13-27(35)29(26)20-10-11-23-28(14-20)39-32(22-9-5-4-8-21(22)17-37)25-15-24(19-6-2-1-3-7-19)33(40-41)31(38)30(23)25/h1-15,38,41H. The van der Waals surface area contributed by atoms with E-state index in [2.05, 4.69) is 23.3 Å². The minimum absolute atomic E-state index is 0.0999. The van der Waals surface area contributed by atoms with Gasteiger partial charge in [0.15, 0.2) is 0 Å². The van der Waals surface area contributed by atoms with E-state index in [0.29, 0.717) is 50.1 Å². The van der Waals surface area contributed by atoms with E-state index in [1.54, 1.807) is 48.5 Å². The van der Waals surface area contributed by atoms with Crippen LogP contribution in [-0.2, 0) is 0 Å². The molecule has 1 aliphatic rings. The number of halogens is 2. The van der Waals surface area contributed by atoms with Crippen LogP contribution in [0.1, 0.15) is 27.8 Å². The van der Waals surface area contributed by atoms with Crippen molar-refractivity contribution >= 4 is 46.8 Å². The number of nitrogens with zero attached hydrogens (tertiary/aromatic N) is 4. The van der Waals surface area contributed by atoms with Gasteiger partial charge in [-0.25, -0.2) is 18.2 Å². The van der Waals surface area contributed by atoms with Gasteiger partial charge in [0.25, 0.3) is 0 Å². The Kier molecular flexibility index (Phi) is 6.47. The maximum atomic E-state index is 14.9. The lowest BCUT2D eigenvalue weighted by Crippen LogP contribution is -2.22. The maximum Gasteiger partial charge on any atom is 0.135 e. The SMILES string of the molecule is N#Cc1cc(F)c(-c2ccc3c4c(c(-c5ccccc5C#N)nc3c2)C=C(c2ccccc2)C(=NS)C4=N)c(F)c1. The molecule has 1 N–H and O–H groups in total. The lowest BCUT2D eigenvalue weighted by atomic mass is 9.81. The topological polar surface area (TPSA) is 96.7 Å². The van der Waals surface area contributed by atoms with Gasteiger partial charge in [-0.3, -0.25) is 5.41 Å². The average molecular weight is 554 g/mol. The summed E-state index contributed by atoms with van der Waals surface area (Å²) in [6, 6.07) is 27.2. The molecular formula is C33H17F2N5S. The zero-order valence-corrected chi connectivity index (χ0v) is 22.0. The van der Waals surface area contributed by atoms with E-state index in [1.165, 1.54) is 0 Å². The van der Waals surface area contributed by atoms with Crippen molar-refractivity contribution in [2.75, 3.05) is 0 Å². The molecule has 8 heteroatoms. The third-order valence-electron chi connectivity index (χ3n) is 7.00. The number of benzene rings is 4. The molecule has 0 spiro atoms. The van der Waals surface area contributed by atoms with Gasteiger partial charge in [0.1, 0.15) is 17.3 Å². The number of aromatic nitrogens is 1. The van der Waals surface area contributed by atoms with E-state index in [-0.39, 0.29) is 22.4 Å². The minimum atomic E-state index is -0.874. The highest BCUT2D eigenvalue weighted by Crippen LogP contribution is 2.40. The predicted octanol–water partition coefficient (Wildman–Crippen LogP) is 7.80. The number of allylic oxidation sites excluding steroid dienone is 1. The fourth-order valence-corrected chi connectivity index (χ4v) is 5.37. The van der Waals surface area contributed by atoms with Gasteiger partial charge in [-0.1, -0.05) is 60.7 Å². The van der Waals surface area contributed by atoms with Crippen molar-refractivity contribution < 1.29 is 8.78 Å². The lowest BCUT2D eigenvalue weighted by molar-refractivity contribution is 0.589. The Morgan fingerprint density at radius 2 is 1.51 bits per heavy atom. The number of rotatable bonds is 3. The summed E-state index contributed by atoms with van der Waals surface area (Å²) < 4.78 is 34.1. The Morgan fingerprint density at radius 1 is 0.805 bits per heavy atom. The molecule has 0 unspecified atom stereocenters. The van der Waals surface area contributed by atoms with Crippen LogP contribution in [0.4, 0.5) is 8.78 Å². The molecule has 194 valence electrons. The quantitative estimate of drug-likeness (QED) is 0.223.